The van der Waals surface area contributed by atoms with Gasteiger partial charge in [-0.15, -0.1) is 22.2 Å². The minimum Gasteiger partial charge on any atom is -0.382 e. The maximum atomic E-state index is 5.50. The Morgan fingerprint density at radius 1 is 1.44 bits per heavy atom. The van der Waals surface area contributed by atoms with Crippen LogP contribution < -0.4 is 0 Å². The Morgan fingerprint density at radius 2 is 2.11 bits per heavy atom. The van der Waals surface area contributed by atoms with Gasteiger partial charge in [0.15, 0.2) is 0 Å². The Bertz CT molecular complexity index is 60.9. The van der Waals surface area contributed by atoms with Crippen LogP contribution in [-0.2, 0) is 4.74 Å². The topological polar surface area (TPSA) is 9.23 Å². The molecule has 9 heavy (non-hydrogen) atoms. The number of hydrogen-bond acceptors (Lipinski definition) is 1. The Balaban J connectivity index is 2.75. The van der Waals surface area contributed by atoms with E-state index < -0.39 is 7.42 Å². The van der Waals surface area contributed by atoms with Crippen LogP contribution >= 0.6 is 22.2 Å². The summed E-state index contributed by atoms with van der Waals surface area (Å²) in [4.78, 5) is 0. The third-order valence-corrected chi connectivity index (χ3v) is 1.93. The van der Waals surface area contributed by atoms with E-state index in [1.54, 1.807) is 0 Å². The fourth-order valence-corrected chi connectivity index (χ4v) is 1.16. The average Bonchev–Trinajstić information content (AvgIpc) is 1.80. The standard InChI is InChI=1S/C5H11Cl2OSi/c1-2-3-4-8-5-9(6)7/h2-5H2,1H3. The molecule has 0 spiro atoms. The predicted octanol–water partition coefficient (Wildman–Crippen LogP) is 2.31. The van der Waals surface area contributed by atoms with E-state index >= 15 is 0 Å². The smallest absolute Gasteiger partial charge is 0.300 e. The molecule has 0 bridgehead atoms. The summed E-state index contributed by atoms with van der Waals surface area (Å²) in [7, 11) is -1.19. The number of unbranched alkanes of at least 4 members (excludes halogenated alkanes) is 1. The van der Waals surface area contributed by atoms with Crippen LogP contribution in [0.3, 0.4) is 0 Å². The molecule has 0 aromatic rings. The van der Waals surface area contributed by atoms with Gasteiger partial charge in [0.1, 0.15) is 0 Å². The van der Waals surface area contributed by atoms with Gasteiger partial charge in [-0.2, -0.15) is 0 Å². The van der Waals surface area contributed by atoms with Crippen molar-refractivity contribution in [3.63, 3.8) is 0 Å². The van der Waals surface area contributed by atoms with E-state index in [-0.39, 0.29) is 0 Å². The molecule has 0 unspecified atom stereocenters. The summed E-state index contributed by atoms with van der Waals surface area (Å²) in [5, 5.41) is 0. The summed E-state index contributed by atoms with van der Waals surface area (Å²) in [5.41, 5.74) is 0. The fourth-order valence-electron chi connectivity index (χ4n) is 0.396. The fraction of sp³-hybridized carbons (Fsp3) is 1.00. The second-order valence-electron chi connectivity index (χ2n) is 1.74. The van der Waals surface area contributed by atoms with E-state index in [9.17, 15) is 0 Å². The molecule has 0 atom stereocenters. The van der Waals surface area contributed by atoms with Crippen LogP contribution in [0, 0.1) is 0 Å². The maximum absolute atomic E-state index is 5.50. The van der Waals surface area contributed by atoms with Gasteiger partial charge in [0, 0.05) is 6.61 Å². The van der Waals surface area contributed by atoms with Crippen LogP contribution in [0.1, 0.15) is 19.8 Å². The van der Waals surface area contributed by atoms with Crippen molar-refractivity contribution in [2.75, 3.05) is 12.8 Å². The molecule has 0 aliphatic rings. The summed E-state index contributed by atoms with van der Waals surface area (Å²) in [6.07, 6.45) is 2.81. The molecule has 0 aliphatic carbocycles. The number of ether oxygens (including phenoxy) is 1. The Kier molecular flexibility index (Phi) is 7.45. The SMILES string of the molecule is CCCCOC[Si](Cl)Cl. The third kappa shape index (κ3) is 8.76. The molecule has 0 rings (SSSR count). The predicted molar refractivity (Wildman–Crippen MR) is 43.2 cm³/mol. The molecule has 0 fully saturated rings. The van der Waals surface area contributed by atoms with Crippen molar-refractivity contribution in [1.29, 1.82) is 0 Å². The highest BCUT2D eigenvalue weighted by molar-refractivity contribution is 7.33. The van der Waals surface area contributed by atoms with Crippen LogP contribution in [0.4, 0.5) is 0 Å². The summed E-state index contributed by atoms with van der Waals surface area (Å²) in [6, 6.07) is 0. The first-order chi connectivity index (χ1) is 4.27. The van der Waals surface area contributed by atoms with Crippen molar-refractivity contribution >= 4 is 29.6 Å². The molecule has 0 amide bonds. The molecule has 0 saturated carbocycles. The third-order valence-electron chi connectivity index (χ3n) is 0.853. The Morgan fingerprint density at radius 3 is 2.56 bits per heavy atom. The largest absolute Gasteiger partial charge is 0.382 e. The second-order valence-corrected chi connectivity index (χ2v) is 6.03. The monoisotopic (exact) mass is 185 g/mol. The van der Waals surface area contributed by atoms with Crippen molar-refractivity contribution in [2.45, 2.75) is 19.8 Å². The summed E-state index contributed by atoms with van der Waals surface area (Å²) < 4.78 is 5.12. The van der Waals surface area contributed by atoms with E-state index in [1.165, 1.54) is 0 Å². The highest BCUT2D eigenvalue weighted by Crippen LogP contribution is 1.96. The summed E-state index contributed by atoms with van der Waals surface area (Å²) in [6.45, 7) is 2.92. The molecule has 0 aromatic carbocycles. The molecule has 0 aromatic heterocycles. The van der Waals surface area contributed by atoms with Gasteiger partial charge in [-0.05, 0) is 6.42 Å². The van der Waals surface area contributed by atoms with Gasteiger partial charge in [-0.3, -0.25) is 0 Å². The van der Waals surface area contributed by atoms with Crippen molar-refractivity contribution in [3.8, 4) is 0 Å². The van der Waals surface area contributed by atoms with E-state index in [2.05, 4.69) is 6.92 Å². The molecule has 1 nitrogen and oxygen atoms in total. The molecular weight excluding hydrogens is 175 g/mol. The van der Waals surface area contributed by atoms with Crippen LogP contribution in [0.5, 0.6) is 0 Å². The minimum absolute atomic E-state index is 0.549. The van der Waals surface area contributed by atoms with E-state index in [4.69, 9.17) is 26.9 Å². The van der Waals surface area contributed by atoms with E-state index in [0.717, 1.165) is 19.4 Å². The molecule has 0 aliphatic heterocycles. The normalized spacial score (nSPS) is 10.7. The van der Waals surface area contributed by atoms with Crippen molar-refractivity contribution < 1.29 is 4.74 Å². The van der Waals surface area contributed by atoms with E-state index in [1.807, 2.05) is 0 Å². The highest BCUT2D eigenvalue weighted by Gasteiger charge is 2.01. The van der Waals surface area contributed by atoms with Crippen LogP contribution in [0.2, 0.25) is 0 Å². The zero-order chi connectivity index (χ0) is 7.11. The van der Waals surface area contributed by atoms with Gasteiger partial charge >= 0.3 is 0 Å². The van der Waals surface area contributed by atoms with Gasteiger partial charge in [0.2, 0.25) is 0 Å². The first-order valence-electron chi connectivity index (χ1n) is 3.02. The lowest BCUT2D eigenvalue weighted by atomic mass is 10.4. The first kappa shape index (κ1) is 9.76. The lowest BCUT2D eigenvalue weighted by molar-refractivity contribution is 0.173. The number of rotatable bonds is 5. The second kappa shape index (κ2) is 6.87. The summed E-state index contributed by atoms with van der Waals surface area (Å²) in [5.74, 6) is 0. The van der Waals surface area contributed by atoms with Gasteiger partial charge in [0.05, 0.1) is 6.23 Å². The molecule has 0 heterocycles. The first-order valence-corrected chi connectivity index (χ1v) is 6.75. The van der Waals surface area contributed by atoms with Gasteiger partial charge < -0.3 is 4.74 Å². The van der Waals surface area contributed by atoms with Crippen LogP contribution in [0.25, 0.3) is 0 Å². The zero-order valence-corrected chi connectivity index (χ0v) is 8.00. The Hall–Kier alpha value is 0.757. The molecule has 1 radical (unpaired) electrons. The van der Waals surface area contributed by atoms with E-state index in [0.29, 0.717) is 6.23 Å². The van der Waals surface area contributed by atoms with Gasteiger partial charge in [-0.25, -0.2) is 0 Å². The van der Waals surface area contributed by atoms with Crippen LogP contribution in [0.15, 0.2) is 0 Å². The van der Waals surface area contributed by atoms with Gasteiger partial charge in [-0.1, -0.05) is 13.3 Å². The highest BCUT2D eigenvalue weighted by atomic mass is 35.7. The van der Waals surface area contributed by atoms with Crippen molar-refractivity contribution in [3.05, 3.63) is 0 Å². The lowest BCUT2D eigenvalue weighted by Crippen LogP contribution is -2.07. The van der Waals surface area contributed by atoms with Gasteiger partial charge in [0.25, 0.3) is 7.42 Å². The molecular formula is C5H11Cl2OSi. The van der Waals surface area contributed by atoms with Crippen molar-refractivity contribution in [1.82, 2.24) is 0 Å². The molecule has 55 valence electrons. The number of halogens is 2. The zero-order valence-electron chi connectivity index (χ0n) is 5.49. The molecule has 0 N–H and O–H groups in total. The summed E-state index contributed by atoms with van der Waals surface area (Å²) >= 11 is 11.0. The molecule has 4 heteroatoms. The maximum Gasteiger partial charge on any atom is 0.300 e. The minimum atomic E-state index is -1.19. The average molecular weight is 186 g/mol. The Labute approximate surface area is 67.3 Å². The quantitative estimate of drug-likeness (QED) is 0.363. The lowest BCUT2D eigenvalue weighted by Gasteiger charge is -1.99. The van der Waals surface area contributed by atoms with Crippen LogP contribution in [-0.4, -0.2) is 20.3 Å². The number of hydrogen-bond donors (Lipinski definition) is 0. The molecule has 0 saturated heterocycles. The van der Waals surface area contributed by atoms with Crippen molar-refractivity contribution in [2.24, 2.45) is 0 Å².